The molecule has 1 N–H and O–H groups in total. The number of aliphatic hydroxyl groups is 1. The second-order valence-electron chi connectivity index (χ2n) is 4.49. The van der Waals surface area contributed by atoms with Gasteiger partial charge in [0.1, 0.15) is 6.61 Å². The SMILES string of the molecule is CCC(C)CC[C@@H](O)COc1ccccc1F. The third kappa shape index (κ3) is 5.18. The lowest BCUT2D eigenvalue weighted by molar-refractivity contribution is 0.0922. The molecule has 1 unspecified atom stereocenters. The van der Waals surface area contributed by atoms with Crippen LogP contribution in [0.5, 0.6) is 5.75 Å². The predicted octanol–water partition coefficient (Wildman–Crippen LogP) is 3.39. The molecule has 0 radical (unpaired) electrons. The van der Waals surface area contributed by atoms with Crippen molar-refractivity contribution in [3.63, 3.8) is 0 Å². The smallest absolute Gasteiger partial charge is 0.165 e. The zero-order chi connectivity index (χ0) is 12.7. The minimum atomic E-state index is -0.524. The third-order valence-corrected chi connectivity index (χ3v) is 2.96. The summed E-state index contributed by atoms with van der Waals surface area (Å²) in [7, 11) is 0. The number of benzene rings is 1. The van der Waals surface area contributed by atoms with Gasteiger partial charge >= 0.3 is 0 Å². The van der Waals surface area contributed by atoms with Crippen LogP contribution in [0.2, 0.25) is 0 Å². The van der Waals surface area contributed by atoms with E-state index in [0.29, 0.717) is 12.3 Å². The topological polar surface area (TPSA) is 29.5 Å². The van der Waals surface area contributed by atoms with Gasteiger partial charge in [0.2, 0.25) is 0 Å². The maximum atomic E-state index is 13.2. The lowest BCUT2D eigenvalue weighted by Gasteiger charge is -2.14. The van der Waals surface area contributed by atoms with Gasteiger partial charge in [-0.2, -0.15) is 0 Å². The molecular formula is C14H21FO2. The summed E-state index contributed by atoms with van der Waals surface area (Å²) in [6.07, 6.45) is 2.26. The fraction of sp³-hybridized carbons (Fsp3) is 0.571. The molecule has 0 fully saturated rings. The number of halogens is 1. The van der Waals surface area contributed by atoms with Gasteiger partial charge in [-0.1, -0.05) is 32.4 Å². The van der Waals surface area contributed by atoms with Crippen molar-refractivity contribution in [2.45, 2.75) is 39.2 Å². The van der Waals surface area contributed by atoms with E-state index < -0.39 is 6.10 Å². The number of ether oxygens (including phenoxy) is 1. The lowest BCUT2D eigenvalue weighted by Crippen LogP contribution is -2.18. The zero-order valence-corrected chi connectivity index (χ0v) is 10.5. The van der Waals surface area contributed by atoms with Crippen LogP contribution < -0.4 is 4.74 Å². The Labute approximate surface area is 102 Å². The van der Waals surface area contributed by atoms with Crippen LogP contribution in [0.4, 0.5) is 4.39 Å². The molecule has 3 heteroatoms. The van der Waals surface area contributed by atoms with Crippen LogP contribution in [0.1, 0.15) is 33.1 Å². The molecular weight excluding hydrogens is 219 g/mol. The third-order valence-electron chi connectivity index (χ3n) is 2.96. The molecule has 1 aromatic carbocycles. The van der Waals surface area contributed by atoms with Crippen LogP contribution in [0.25, 0.3) is 0 Å². The van der Waals surface area contributed by atoms with E-state index in [1.165, 1.54) is 6.07 Å². The first-order valence-corrected chi connectivity index (χ1v) is 6.18. The molecule has 0 aliphatic rings. The molecule has 0 amide bonds. The second kappa shape index (κ2) is 7.28. The highest BCUT2D eigenvalue weighted by Gasteiger charge is 2.09. The van der Waals surface area contributed by atoms with Crippen molar-refractivity contribution < 1.29 is 14.2 Å². The van der Waals surface area contributed by atoms with E-state index in [-0.39, 0.29) is 18.2 Å². The summed E-state index contributed by atoms with van der Waals surface area (Å²) in [5.74, 6) is 0.426. The molecule has 2 nitrogen and oxygen atoms in total. The van der Waals surface area contributed by atoms with Crippen LogP contribution in [0, 0.1) is 11.7 Å². The fourth-order valence-corrected chi connectivity index (χ4v) is 1.51. The van der Waals surface area contributed by atoms with Crippen molar-refractivity contribution >= 4 is 0 Å². The molecule has 0 saturated heterocycles. The Morgan fingerprint density at radius 3 is 2.65 bits per heavy atom. The Morgan fingerprint density at radius 1 is 1.29 bits per heavy atom. The standard InChI is InChI=1S/C14H21FO2/c1-3-11(2)8-9-12(16)10-17-14-7-5-4-6-13(14)15/h4-7,11-12,16H,3,8-10H2,1-2H3/t11?,12-/m1/s1. The molecule has 0 aromatic heterocycles. The first-order valence-electron chi connectivity index (χ1n) is 6.18. The van der Waals surface area contributed by atoms with Gasteiger partial charge in [0.25, 0.3) is 0 Å². The second-order valence-corrected chi connectivity index (χ2v) is 4.49. The maximum Gasteiger partial charge on any atom is 0.165 e. The van der Waals surface area contributed by atoms with E-state index in [1.54, 1.807) is 18.2 Å². The molecule has 0 spiro atoms. The van der Waals surface area contributed by atoms with Crippen molar-refractivity contribution in [2.24, 2.45) is 5.92 Å². The normalized spacial score (nSPS) is 14.4. The quantitative estimate of drug-likeness (QED) is 0.791. The largest absolute Gasteiger partial charge is 0.488 e. The molecule has 0 heterocycles. The van der Waals surface area contributed by atoms with Crippen LogP contribution in [0.3, 0.4) is 0 Å². The molecule has 0 aliphatic heterocycles. The maximum absolute atomic E-state index is 13.2. The Morgan fingerprint density at radius 2 is 2.00 bits per heavy atom. The summed E-state index contributed by atoms with van der Waals surface area (Å²) < 4.78 is 18.4. The van der Waals surface area contributed by atoms with Crippen molar-refractivity contribution in [3.8, 4) is 5.75 Å². The number of aliphatic hydroxyl groups excluding tert-OH is 1. The first-order chi connectivity index (χ1) is 8.13. The van der Waals surface area contributed by atoms with Gasteiger partial charge in [-0.15, -0.1) is 0 Å². The predicted molar refractivity (Wildman–Crippen MR) is 66.6 cm³/mol. The monoisotopic (exact) mass is 240 g/mol. The highest BCUT2D eigenvalue weighted by molar-refractivity contribution is 5.23. The highest BCUT2D eigenvalue weighted by atomic mass is 19.1. The van der Waals surface area contributed by atoms with Crippen LogP contribution in [-0.2, 0) is 0 Å². The summed E-state index contributed by atoms with van der Waals surface area (Å²) >= 11 is 0. The fourth-order valence-electron chi connectivity index (χ4n) is 1.51. The van der Waals surface area contributed by atoms with Gasteiger partial charge in [0.15, 0.2) is 11.6 Å². The molecule has 1 aromatic rings. The zero-order valence-electron chi connectivity index (χ0n) is 10.5. The van der Waals surface area contributed by atoms with E-state index in [0.717, 1.165) is 12.8 Å². The highest BCUT2D eigenvalue weighted by Crippen LogP contribution is 2.17. The summed E-state index contributed by atoms with van der Waals surface area (Å²) in [5.41, 5.74) is 0. The Balaban J connectivity index is 2.28. The van der Waals surface area contributed by atoms with Gasteiger partial charge in [-0.25, -0.2) is 4.39 Å². The Kier molecular flexibility index (Phi) is 5.98. The Hall–Kier alpha value is -1.09. The van der Waals surface area contributed by atoms with Crippen LogP contribution >= 0.6 is 0 Å². The number of rotatable bonds is 7. The molecule has 0 aliphatic carbocycles. The number of para-hydroxylation sites is 1. The molecule has 0 saturated carbocycles. The minimum Gasteiger partial charge on any atom is -0.488 e. The number of hydrogen-bond acceptors (Lipinski definition) is 2. The van der Waals surface area contributed by atoms with Crippen molar-refractivity contribution in [3.05, 3.63) is 30.1 Å². The van der Waals surface area contributed by atoms with Gasteiger partial charge in [0.05, 0.1) is 6.10 Å². The minimum absolute atomic E-state index is 0.150. The van der Waals surface area contributed by atoms with Crippen molar-refractivity contribution in [1.29, 1.82) is 0 Å². The number of hydrogen-bond donors (Lipinski definition) is 1. The van der Waals surface area contributed by atoms with Gasteiger partial charge in [-0.3, -0.25) is 0 Å². The van der Waals surface area contributed by atoms with Gasteiger partial charge in [0, 0.05) is 0 Å². The van der Waals surface area contributed by atoms with E-state index in [4.69, 9.17) is 4.74 Å². The van der Waals surface area contributed by atoms with Gasteiger partial charge in [-0.05, 0) is 30.9 Å². The van der Waals surface area contributed by atoms with Crippen molar-refractivity contribution in [2.75, 3.05) is 6.61 Å². The van der Waals surface area contributed by atoms with E-state index in [2.05, 4.69) is 13.8 Å². The molecule has 96 valence electrons. The molecule has 17 heavy (non-hydrogen) atoms. The summed E-state index contributed by atoms with van der Waals surface area (Å²) in [6.45, 7) is 4.44. The van der Waals surface area contributed by atoms with Crippen LogP contribution in [-0.4, -0.2) is 17.8 Å². The summed E-state index contributed by atoms with van der Waals surface area (Å²) in [4.78, 5) is 0. The van der Waals surface area contributed by atoms with Crippen LogP contribution in [0.15, 0.2) is 24.3 Å². The summed E-state index contributed by atoms with van der Waals surface area (Å²) in [6, 6.07) is 6.24. The summed E-state index contributed by atoms with van der Waals surface area (Å²) in [5, 5.41) is 9.70. The van der Waals surface area contributed by atoms with E-state index in [9.17, 15) is 9.50 Å². The lowest BCUT2D eigenvalue weighted by atomic mass is 10.0. The van der Waals surface area contributed by atoms with Crippen molar-refractivity contribution in [1.82, 2.24) is 0 Å². The van der Waals surface area contributed by atoms with E-state index in [1.807, 2.05) is 0 Å². The average molecular weight is 240 g/mol. The van der Waals surface area contributed by atoms with E-state index >= 15 is 0 Å². The first kappa shape index (κ1) is 14.0. The average Bonchev–Trinajstić information content (AvgIpc) is 2.35. The molecule has 2 atom stereocenters. The Bertz CT molecular complexity index is 328. The molecule has 0 bridgehead atoms. The molecule has 1 rings (SSSR count). The van der Waals surface area contributed by atoms with Gasteiger partial charge < -0.3 is 9.84 Å².